The average molecular weight is 226 g/mol. The molecule has 0 aromatic heterocycles. The fraction of sp³-hybridized carbons (Fsp3) is 0.818. The Hall–Kier alpha value is -1.10. The van der Waals surface area contributed by atoms with Gasteiger partial charge in [-0.1, -0.05) is 0 Å². The van der Waals surface area contributed by atoms with E-state index in [2.05, 4.69) is 10.6 Å². The van der Waals surface area contributed by atoms with E-state index in [0.29, 0.717) is 13.0 Å². The molecule has 2 aliphatic heterocycles. The van der Waals surface area contributed by atoms with Gasteiger partial charge in [0.2, 0.25) is 11.8 Å². The van der Waals surface area contributed by atoms with E-state index >= 15 is 0 Å². The Bertz CT molecular complexity index is 287. The number of hydrogen-bond acceptors (Lipinski definition) is 3. The molecule has 0 saturated carbocycles. The van der Waals surface area contributed by atoms with Gasteiger partial charge < -0.3 is 15.4 Å². The van der Waals surface area contributed by atoms with Gasteiger partial charge in [-0.3, -0.25) is 9.59 Å². The molecule has 0 aromatic rings. The lowest BCUT2D eigenvalue weighted by atomic mass is 10.1. The summed E-state index contributed by atoms with van der Waals surface area (Å²) in [4.78, 5) is 22.8. The summed E-state index contributed by atoms with van der Waals surface area (Å²) in [7, 11) is 0. The molecular weight excluding hydrogens is 208 g/mol. The lowest BCUT2D eigenvalue weighted by Crippen LogP contribution is -2.44. The number of ether oxygens (including phenoxy) is 1. The van der Waals surface area contributed by atoms with E-state index in [4.69, 9.17) is 4.74 Å². The third kappa shape index (κ3) is 2.52. The molecule has 0 bridgehead atoms. The number of amides is 2. The van der Waals surface area contributed by atoms with Crippen molar-refractivity contribution in [1.29, 1.82) is 0 Å². The summed E-state index contributed by atoms with van der Waals surface area (Å²) in [5.41, 5.74) is 0. The van der Waals surface area contributed by atoms with Crippen molar-refractivity contribution >= 4 is 11.8 Å². The molecule has 5 heteroatoms. The van der Waals surface area contributed by atoms with Gasteiger partial charge in [-0.05, 0) is 19.8 Å². The first-order valence-corrected chi connectivity index (χ1v) is 5.85. The van der Waals surface area contributed by atoms with E-state index in [1.807, 2.05) is 6.92 Å². The van der Waals surface area contributed by atoms with Gasteiger partial charge in [-0.2, -0.15) is 0 Å². The highest BCUT2D eigenvalue weighted by Crippen LogP contribution is 2.16. The maximum atomic E-state index is 11.8. The van der Waals surface area contributed by atoms with E-state index in [1.165, 1.54) is 0 Å². The number of nitrogens with one attached hydrogen (secondary N) is 2. The maximum Gasteiger partial charge on any atom is 0.225 e. The zero-order valence-electron chi connectivity index (χ0n) is 9.49. The molecule has 2 amide bonds. The zero-order chi connectivity index (χ0) is 11.5. The van der Waals surface area contributed by atoms with Crippen molar-refractivity contribution < 1.29 is 14.3 Å². The van der Waals surface area contributed by atoms with Gasteiger partial charge >= 0.3 is 0 Å². The zero-order valence-corrected chi connectivity index (χ0v) is 9.49. The molecule has 2 heterocycles. The van der Waals surface area contributed by atoms with E-state index in [0.717, 1.165) is 19.4 Å². The molecule has 2 rings (SSSR count). The van der Waals surface area contributed by atoms with Crippen molar-refractivity contribution in [2.24, 2.45) is 5.92 Å². The maximum absolute atomic E-state index is 11.8. The van der Waals surface area contributed by atoms with Crippen molar-refractivity contribution in [2.45, 2.75) is 38.3 Å². The molecule has 2 aliphatic rings. The first-order valence-electron chi connectivity index (χ1n) is 5.85. The fourth-order valence-electron chi connectivity index (χ4n) is 2.22. The second kappa shape index (κ2) is 4.82. The Balaban J connectivity index is 1.79. The summed E-state index contributed by atoms with van der Waals surface area (Å²) in [5, 5.41) is 5.59. The Morgan fingerprint density at radius 3 is 3.00 bits per heavy atom. The van der Waals surface area contributed by atoms with Crippen molar-refractivity contribution in [2.75, 3.05) is 13.2 Å². The largest absolute Gasteiger partial charge is 0.376 e. The summed E-state index contributed by atoms with van der Waals surface area (Å²) >= 11 is 0. The van der Waals surface area contributed by atoms with Crippen LogP contribution in [0.2, 0.25) is 0 Å². The highest BCUT2D eigenvalue weighted by Gasteiger charge is 2.30. The molecule has 2 fully saturated rings. The average Bonchev–Trinajstić information content (AvgIpc) is 2.87. The van der Waals surface area contributed by atoms with Crippen molar-refractivity contribution in [3.05, 3.63) is 0 Å². The van der Waals surface area contributed by atoms with Gasteiger partial charge in [0.1, 0.15) is 0 Å². The molecule has 90 valence electrons. The highest BCUT2D eigenvalue weighted by molar-refractivity contribution is 5.89. The molecule has 16 heavy (non-hydrogen) atoms. The fourth-order valence-corrected chi connectivity index (χ4v) is 2.22. The van der Waals surface area contributed by atoms with Crippen LogP contribution in [0.5, 0.6) is 0 Å². The third-order valence-electron chi connectivity index (χ3n) is 3.24. The topological polar surface area (TPSA) is 67.4 Å². The van der Waals surface area contributed by atoms with E-state index < -0.39 is 0 Å². The Kier molecular flexibility index (Phi) is 3.43. The molecule has 0 aliphatic carbocycles. The lowest BCUT2D eigenvalue weighted by Gasteiger charge is -2.21. The normalized spacial score (nSPS) is 31.2. The number of rotatable bonds is 3. The second-order valence-corrected chi connectivity index (χ2v) is 4.55. The van der Waals surface area contributed by atoms with Crippen LogP contribution in [0.4, 0.5) is 0 Å². The standard InChI is InChI=1S/C11H18N2O3/c1-7(9-3-2-4-16-9)13-11(15)8-5-10(14)12-6-8/h7-9H,2-6H2,1H3,(H,12,14)(H,13,15). The van der Waals surface area contributed by atoms with Crippen LogP contribution in [-0.2, 0) is 14.3 Å². The first kappa shape index (κ1) is 11.4. The summed E-state index contributed by atoms with van der Waals surface area (Å²) in [6, 6.07) is 0.0331. The second-order valence-electron chi connectivity index (χ2n) is 4.55. The molecule has 2 saturated heterocycles. The monoisotopic (exact) mass is 226 g/mol. The van der Waals surface area contributed by atoms with Crippen molar-refractivity contribution in [3.8, 4) is 0 Å². The van der Waals surface area contributed by atoms with Gasteiger partial charge in [0.15, 0.2) is 0 Å². The Labute approximate surface area is 94.9 Å². The van der Waals surface area contributed by atoms with Crippen LogP contribution in [0.1, 0.15) is 26.2 Å². The summed E-state index contributed by atoms with van der Waals surface area (Å²) in [6.45, 7) is 3.20. The number of hydrogen-bond donors (Lipinski definition) is 2. The van der Waals surface area contributed by atoms with Crippen LogP contribution >= 0.6 is 0 Å². The van der Waals surface area contributed by atoms with Gasteiger partial charge in [0, 0.05) is 19.6 Å². The smallest absolute Gasteiger partial charge is 0.225 e. The first-order chi connectivity index (χ1) is 7.66. The van der Waals surface area contributed by atoms with Crippen LogP contribution in [0, 0.1) is 5.92 Å². The third-order valence-corrected chi connectivity index (χ3v) is 3.24. The van der Waals surface area contributed by atoms with Crippen molar-refractivity contribution in [1.82, 2.24) is 10.6 Å². The minimum Gasteiger partial charge on any atom is -0.376 e. The van der Waals surface area contributed by atoms with Crippen molar-refractivity contribution in [3.63, 3.8) is 0 Å². The quantitative estimate of drug-likeness (QED) is 0.700. The van der Waals surface area contributed by atoms with Gasteiger partial charge in [-0.25, -0.2) is 0 Å². The number of carbonyl (C=O) groups is 2. The predicted octanol–water partition coefficient (Wildman–Crippen LogP) is -0.194. The molecule has 5 nitrogen and oxygen atoms in total. The van der Waals surface area contributed by atoms with Crippen LogP contribution in [0.25, 0.3) is 0 Å². The molecular formula is C11H18N2O3. The molecule has 2 N–H and O–H groups in total. The molecule has 0 spiro atoms. The Morgan fingerprint density at radius 2 is 2.44 bits per heavy atom. The molecule has 0 radical (unpaired) electrons. The van der Waals surface area contributed by atoms with Crippen LogP contribution in [0.3, 0.4) is 0 Å². The number of carbonyl (C=O) groups excluding carboxylic acids is 2. The Morgan fingerprint density at radius 1 is 1.62 bits per heavy atom. The highest BCUT2D eigenvalue weighted by atomic mass is 16.5. The minimum absolute atomic E-state index is 0.0331. The van der Waals surface area contributed by atoms with Crippen LogP contribution in [0.15, 0.2) is 0 Å². The molecule has 0 aromatic carbocycles. The summed E-state index contributed by atoms with van der Waals surface area (Å²) in [6.07, 6.45) is 2.51. The van der Waals surface area contributed by atoms with E-state index in [9.17, 15) is 9.59 Å². The van der Waals surface area contributed by atoms with Gasteiger partial charge in [0.05, 0.1) is 18.1 Å². The summed E-state index contributed by atoms with van der Waals surface area (Å²) < 4.78 is 5.50. The molecule has 3 unspecified atom stereocenters. The predicted molar refractivity (Wildman–Crippen MR) is 57.7 cm³/mol. The van der Waals surface area contributed by atoms with Crippen LogP contribution < -0.4 is 10.6 Å². The minimum atomic E-state index is -0.212. The van der Waals surface area contributed by atoms with Gasteiger partial charge in [-0.15, -0.1) is 0 Å². The molecule has 3 atom stereocenters. The SMILES string of the molecule is CC(NC(=O)C1CNC(=O)C1)C1CCCO1. The lowest BCUT2D eigenvalue weighted by molar-refractivity contribution is -0.127. The van der Waals surface area contributed by atoms with E-state index in [-0.39, 0.29) is 29.9 Å². The van der Waals surface area contributed by atoms with E-state index in [1.54, 1.807) is 0 Å². The van der Waals surface area contributed by atoms with Gasteiger partial charge in [0.25, 0.3) is 0 Å². The van der Waals surface area contributed by atoms with Crippen LogP contribution in [-0.4, -0.2) is 37.1 Å². The summed E-state index contributed by atoms with van der Waals surface area (Å²) in [5.74, 6) is -0.289.